The van der Waals surface area contributed by atoms with Crippen LogP contribution in [0.3, 0.4) is 0 Å². The summed E-state index contributed by atoms with van der Waals surface area (Å²) in [6, 6.07) is 9.14. The number of carbonyl (C=O) groups excluding carboxylic acids is 3. The molecule has 11 nitrogen and oxygen atoms in total. The van der Waals surface area contributed by atoms with Crippen LogP contribution in [0.1, 0.15) is 82.5 Å². The van der Waals surface area contributed by atoms with Crippen LogP contribution in [0, 0.1) is 0 Å². The van der Waals surface area contributed by atoms with Gasteiger partial charge in [-0.2, -0.15) is 9.99 Å². The lowest BCUT2D eigenvalue weighted by Gasteiger charge is -2.44. The van der Waals surface area contributed by atoms with Crippen molar-refractivity contribution in [3.05, 3.63) is 42.1 Å². The largest absolute Gasteiger partial charge is 0.442 e. The van der Waals surface area contributed by atoms with Gasteiger partial charge in [-0.3, -0.25) is 19.6 Å². The zero-order valence-electron chi connectivity index (χ0n) is 23.9. The number of nitrogens with zero attached hydrogens (tertiary/aromatic N) is 5. The van der Waals surface area contributed by atoms with Gasteiger partial charge >= 0.3 is 6.09 Å². The number of amides is 3. The molecule has 3 aromatic rings. The summed E-state index contributed by atoms with van der Waals surface area (Å²) in [4.78, 5) is 50.9. The number of benzene rings is 1. The summed E-state index contributed by atoms with van der Waals surface area (Å²) < 4.78 is 7.51. The van der Waals surface area contributed by atoms with E-state index in [1.165, 1.54) is 11.4 Å². The van der Waals surface area contributed by atoms with Gasteiger partial charge in [0.05, 0.1) is 0 Å². The van der Waals surface area contributed by atoms with Crippen LogP contribution < -0.4 is 15.8 Å². The third kappa shape index (κ3) is 5.09. The quantitative estimate of drug-likeness (QED) is 0.450. The molecule has 6 rings (SSSR count). The second-order valence-electron chi connectivity index (χ2n) is 12.2. The minimum absolute atomic E-state index is 0.0549. The number of anilines is 3. The van der Waals surface area contributed by atoms with Crippen LogP contribution in [0.5, 0.6) is 0 Å². The fraction of sp³-hybridized carbons (Fsp3) is 0.500. The first-order chi connectivity index (χ1) is 19.6. The average Bonchev–Trinajstić information content (AvgIpc) is 3.35. The van der Waals surface area contributed by atoms with Crippen LogP contribution in [0.25, 0.3) is 11.0 Å². The number of aromatic nitrogens is 3. The Morgan fingerprint density at radius 2 is 1.68 bits per heavy atom. The van der Waals surface area contributed by atoms with Crippen LogP contribution in [0.2, 0.25) is 0 Å². The van der Waals surface area contributed by atoms with E-state index in [2.05, 4.69) is 15.7 Å². The van der Waals surface area contributed by atoms with E-state index in [4.69, 9.17) is 9.72 Å². The Hall–Kier alpha value is -4.15. The van der Waals surface area contributed by atoms with Crippen LogP contribution in [-0.2, 0) is 15.1 Å². The molecular formula is C30H37N7O4. The van der Waals surface area contributed by atoms with E-state index in [1.807, 2.05) is 39.8 Å². The van der Waals surface area contributed by atoms with E-state index in [1.54, 1.807) is 27.0 Å². The first-order valence-corrected chi connectivity index (χ1v) is 14.5. The van der Waals surface area contributed by atoms with E-state index in [0.717, 1.165) is 50.9 Å². The number of hydrazine groups is 1. The number of hydrogen-bond acceptors (Lipinski definition) is 7. The third-order valence-corrected chi connectivity index (χ3v) is 8.10. The molecular weight excluding hydrogens is 522 g/mol. The third-order valence-electron chi connectivity index (χ3n) is 8.10. The second kappa shape index (κ2) is 10.4. The predicted molar refractivity (Wildman–Crippen MR) is 155 cm³/mol. The van der Waals surface area contributed by atoms with Crippen molar-refractivity contribution in [3.63, 3.8) is 0 Å². The van der Waals surface area contributed by atoms with E-state index < -0.39 is 17.2 Å². The Kier molecular flexibility index (Phi) is 6.83. The normalized spacial score (nSPS) is 18.7. The highest BCUT2D eigenvalue weighted by Gasteiger charge is 2.49. The van der Waals surface area contributed by atoms with Crippen molar-refractivity contribution in [1.29, 1.82) is 0 Å². The van der Waals surface area contributed by atoms with Gasteiger partial charge < -0.3 is 15.0 Å². The number of hydrogen-bond donors (Lipinski definition) is 2. The number of carbonyl (C=O) groups is 3. The number of piperidine rings is 1. The summed E-state index contributed by atoms with van der Waals surface area (Å²) in [7, 11) is 0. The molecule has 216 valence electrons. The summed E-state index contributed by atoms with van der Waals surface area (Å²) in [5.74, 6) is 0.673. The SMILES string of the molecule is CC(C)(C)OC(=O)N1NC(=O)C2(CCCCC2)n2c1cc1cnc(Nc3ccc(C(=O)N4CCCCC4)cc3)nc12. The summed E-state index contributed by atoms with van der Waals surface area (Å²) in [6.07, 6.45) is 8.46. The van der Waals surface area contributed by atoms with Crippen molar-refractivity contribution in [2.24, 2.45) is 0 Å². The molecule has 2 N–H and O–H groups in total. The number of rotatable bonds is 3. The Labute approximate surface area is 239 Å². The molecule has 0 bridgehead atoms. The van der Waals surface area contributed by atoms with Crippen molar-refractivity contribution < 1.29 is 19.1 Å². The van der Waals surface area contributed by atoms with Crippen molar-refractivity contribution in [2.45, 2.75) is 83.3 Å². The molecule has 1 saturated carbocycles. The fourth-order valence-corrected chi connectivity index (χ4v) is 6.13. The number of ether oxygens (including phenoxy) is 1. The van der Waals surface area contributed by atoms with Crippen molar-refractivity contribution in [3.8, 4) is 0 Å². The Bertz CT molecular complexity index is 1480. The minimum atomic E-state index is -0.851. The van der Waals surface area contributed by atoms with Crippen molar-refractivity contribution in [2.75, 3.05) is 23.4 Å². The van der Waals surface area contributed by atoms with E-state index >= 15 is 0 Å². The number of fused-ring (bicyclic) bond motifs is 4. The van der Waals surface area contributed by atoms with Crippen LogP contribution in [0.15, 0.2) is 36.5 Å². The highest BCUT2D eigenvalue weighted by molar-refractivity contribution is 6.01. The maximum Gasteiger partial charge on any atom is 0.435 e. The molecule has 3 amide bonds. The Balaban J connectivity index is 1.33. The highest BCUT2D eigenvalue weighted by atomic mass is 16.6. The lowest BCUT2D eigenvalue weighted by molar-refractivity contribution is -0.133. The Morgan fingerprint density at radius 1 is 1.00 bits per heavy atom. The van der Waals surface area contributed by atoms with E-state index in [0.29, 0.717) is 41.2 Å². The standard InChI is InChI=1S/C30H37N7O4/c1-29(2,3)41-28(40)37-23-18-21-19-31-27(33-24(21)36(23)30(26(39)34-37)14-6-4-7-15-30)32-22-12-10-20(11-13-22)25(38)35-16-8-5-9-17-35/h10-13,18-19H,4-9,14-17H2,1-3H3,(H,34,39)(H,31,32,33). The number of nitrogens with one attached hydrogen (secondary N) is 2. The maximum atomic E-state index is 13.7. The molecule has 2 aliphatic heterocycles. The topological polar surface area (TPSA) is 122 Å². The minimum Gasteiger partial charge on any atom is -0.442 e. The number of likely N-dealkylation sites (tertiary alicyclic amines) is 1. The van der Waals surface area contributed by atoms with Crippen LogP contribution in [-0.4, -0.2) is 56.0 Å². The predicted octanol–water partition coefficient (Wildman–Crippen LogP) is 5.25. The molecule has 1 aliphatic carbocycles. The second-order valence-corrected chi connectivity index (χ2v) is 12.2. The zero-order chi connectivity index (χ0) is 28.8. The molecule has 0 atom stereocenters. The van der Waals surface area contributed by atoms with E-state index in [-0.39, 0.29) is 11.8 Å². The highest BCUT2D eigenvalue weighted by Crippen LogP contribution is 2.44. The fourth-order valence-electron chi connectivity index (χ4n) is 6.13. The average molecular weight is 560 g/mol. The molecule has 11 heteroatoms. The van der Waals surface area contributed by atoms with Crippen molar-refractivity contribution in [1.82, 2.24) is 24.9 Å². The molecule has 3 aliphatic rings. The monoisotopic (exact) mass is 559 g/mol. The zero-order valence-corrected chi connectivity index (χ0v) is 23.9. The summed E-state index contributed by atoms with van der Waals surface area (Å²) in [6.45, 7) is 6.97. The summed E-state index contributed by atoms with van der Waals surface area (Å²) in [5, 5.41) is 5.13. The van der Waals surface area contributed by atoms with E-state index in [9.17, 15) is 14.4 Å². The van der Waals surface area contributed by atoms with Gasteiger partial charge in [-0.15, -0.1) is 0 Å². The molecule has 41 heavy (non-hydrogen) atoms. The van der Waals surface area contributed by atoms with Gasteiger partial charge in [-0.1, -0.05) is 19.3 Å². The molecule has 1 spiro atoms. The molecule has 1 aromatic carbocycles. The lowest BCUT2D eigenvalue weighted by atomic mass is 9.80. The molecule has 0 unspecified atom stereocenters. The van der Waals surface area contributed by atoms with Gasteiger partial charge in [0.25, 0.3) is 11.8 Å². The smallest absolute Gasteiger partial charge is 0.435 e. The molecule has 4 heterocycles. The molecule has 0 radical (unpaired) electrons. The summed E-state index contributed by atoms with van der Waals surface area (Å²) >= 11 is 0. The van der Waals surface area contributed by atoms with Crippen LogP contribution >= 0.6 is 0 Å². The molecule has 1 saturated heterocycles. The Morgan fingerprint density at radius 3 is 2.37 bits per heavy atom. The first kappa shape index (κ1) is 27.0. The van der Waals surface area contributed by atoms with Gasteiger partial charge in [0.2, 0.25) is 5.95 Å². The molecule has 2 aromatic heterocycles. The van der Waals surface area contributed by atoms with Gasteiger partial charge in [0.15, 0.2) is 0 Å². The molecule has 2 fully saturated rings. The van der Waals surface area contributed by atoms with Gasteiger partial charge in [0.1, 0.15) is 22.6 Å². The first-order valence-electron chi connectivity index (χ1n) is 14.5. The van der Waals surface area contributed by atoms with Crippen LogP contribution in [0.4, 0.5) is 22.2 Å². The van der Waals surface area contributed by atoms with Gasteiger partial charge in [-0.05, 0) is 83.2 Å². The van der Waals surface area contributed by atoms with Gasteiger partial charge in [0, 0.05) is 35.9 Å². The summed E-state index contributed by atoms with van der Waals surface area (Å²) in [5.41, 5.74) is 3.19. The van der Waals surface area contributed by atoms with Crippen molar-refractivity contribution >= 4 is 46.4 Å². The van der Waals surface area contributed by atoms with Gasteiger partial charge in [-0.25, -0.2) is 9.78 Å². The maximum absolute atomic E-state index is 13.7. The lowest BCUT2D eigenvalue weighted by Crippen LogP contribution is -2.62.